The molecule has 0 radical (unpaired) electrons. The van der Waals surface area contributed by atoms with E-state index >= 15 is 0 Å². The van der Waals surface area contributed by atoms with E-state index in [9.17, 15) is 9.59 Å². The van der Waals surface area contributed by atoms with Crippen LogP contribution in [0.3, 0.4) is 0 Å². The number of nitrogens with one attached hydrogen (secondary N) is 3. The lowest BCUT2D eigenvalue weighted by Crippen LogP contribution is -2.42. The van der Waals surface area contributed by atoms with Crippen LogP contribution in [0.1, 0.15) is 33.6 Å². The molecule has 0 bridgehead atoms. The highest BCUT2D eigenvalue weighted by Gasteiger charge is 2.23. The van der Waals surface area contributed by atoms with Crippen LogP contribution in [0.5, 0.6) is 0 Å². The van der Waals surface area contributed by atoms with Crippen LogP contribution in [-0.4, -0.2) is 47.0 Å². The molecule has 0 fully saturated rings. The summed E-state index contributed by atoms with van der Waals surface area (Å²) in [6, 6.07) is 13.1. The maximum atomic E-state index is 13.3. The van der Waals surface area contributed by atoms with Crippen LogP contribution in [0.25, 0.3) is 11.1 Å². The molecule has 0 aliphatic carbocycles. The maximum Gasteiger partial charge on any atom is 0.328 e. The molecule has 1 heterocycles. The first kappa shape index (κ1) is 24.5. The predicted octanol–water partition coefficient (Wildman–Crippen LogP) is 3.70. The number of hydrogen-bond acceptors (Lipinski definition) is 6. The number of nitrogens with zero attached hydrogens (tertiary/aromatic N) is 1. The minimum atomic E-state index is -0.685. The average molecular weight is 467 g/mol. The van der Waals surface area contributed by atoms with E-state index in [2.05, 4.69) is 20.6 Å². The summed E-state index contributed by atoms with van der Waals surface area (Å²) in [6.07, 6.45) is 5.91. The Morgan fingerprint density at radius 3 is 2.67 bits per heavy atom. The van der Waals surface area contributed by atoms with E-state index in [1.54, 1.807) is 24.3 Å². The highest BCUT2D eigenvalue weighted by Crippen LogP contribution is 2.28. The molecule has 3 aromatic rings. The molecule has 2 aromatic carbocycles. The van der Waals surface area contributed by atoms with Gasteiger partial charge in [-0.25, -0.2) is 9.78 Å². The third-order valence-corrected chi connectivity index (χ3v) is 6.01. The van der Waals surface area contributed by atoms with Gasteiger partial charge < -0.3 is 20.4 Å². The Morgan fingerprint density at radius 2 is 1.97 bits per heavy atom. The summed E-state index contributed by atoms with van der Waals surface area (Å²) < 4.78 is 4.90. The molecule has 174 valence electrons. The van der Waals surface area contributed by atoms with Crippen molar-refractivity contribution in [1.29, 1.82) is 0 Å². The summed E-state index contributed by atoms with van der Waals surface area (Å²) in [6.45, 7) is 3.33. The fourth-order valence-electron chi connectivity index (χ4n) is 3.58. The number of thioether (sulfide) groups is 1. The summed E-state index contributed by atoms with van der Waals surface area (Å²) >= 11 is 1.62. The molecule has 1 unspecified atom stereocenters. The van der Waals surface area contributed by atoms with Crippen LogP contribution >= 0.6 is 11.8 Å². The molecular formula is C25H30N4O3S. The molecule has 8 heteroatoms. The van der Waals surface area contributed by atoms with Crippen LogP contribution in [0.4, 0.5) is 0 Å². The van der Waals surface area contributed by atoms with Gasteiger partial charge in [-0.1, -0.05) is 30.3 Å². The molecule has 3 N–H and O–H groups in total. The van der Waals surface area contributed by atoms with Crippen LogP contribution in [0.2, 0.25) is 0 Å². The standard InChI is InChI=1S/C25H30N4O3S/c1-17-6-4-5-7-20(17)22-12-18(13-26-14-19-15-27-16-28-19)8-9-21(22)24(30)29-23(10-11-33-3)25(31)32-2/h4-9,12,15-16,23,26H,10-11,13-14H2,1-3H3,(H,27,28)(H,29,30). The van der Waals surface area contributed by atoms with Crippen LogP contribution in [0, 0.1) is 6.92 Å². The summed E-state index contributed by atoms with van der Waals surface area (Å²) in [4.78, 5) is 32.6. The van der Waals surface area contributed by atoms with Gasteiger partial charge in [0.15, 0.2) is 0 Å². The number of carbonyl (C=O) groups excluding carboxylic acids is 2. The fraction of sp³-hybridized carbons (Fsp3) is 0.320. The van der Waals surface area contributed by atoms with Gasteiger partial charge in [-0.3, -0.25) is 4.79 Å². The van der Waals surface area contributed by atoms with Gasteiger partial charge in [0.1, 0.15) is 6.04 Å². The van der Waals surface area contributed by atoms with Gasteiger partial charge in [-0.05, 0) is 59.7 Å². The van der Waals surface area contributed by atoms with Crippen molar-refractivity contribution < 1.29 is 14.3 Å². The Hall–Kier alpha value is -3.10. The molecule has 0 aliphatic rings. The lowest BCUT2D eigenvalue weighted by atomic mass is 9.93. The van der Waals surface area contributed by atoms with Crippen molar-refractivity contribution in [1.82, 2.24) is 20.6 Å². The zero-order valence-corrected chi connectivity index (χ0v) is 20.0. The minimum absolute atomic E-state index is 0.290. The molecule has 1 aromatic heterocycles. The first-order valence-electron chi connectivity index (χ1n) is 10.8. The Morgan fingerprint density at radius 1 is 1.15 bits per heavy atom. The number of benzene rings is 2. The first-order chi connectivity index (χ1) is 16.0. The highest BCUT2D eigenvalue weighted by atomic mass is 32.2. The van der Waals surface area contributed by atoms with Crippen molar-refractivity contribution in [3.8, 4) is 11.1 Å². The zero-order valence-electron chi connectivity index (χ0n) is 19.2. The lowest BCUT2D eigenvalue weighted by Gasteiger charge is -2.19. The number of hydrogen-bond donors (Lipinski definition) is 3. The summed E-state index contributed by atoms with van der Waals surface area (Å²) in [5.41, 5.74) is 5.47. The Labute approximate surface area is 198 Å². The monoisotopic (exact) mass is 466 g/mol. The van der Waals surface area contributed by atoms with Gasteiger partial charge in [-0.15, -0.1) is 0 Å². The van der Waals surface area contributed by atoms with Crippen molar-refractivity contribution in [2.75, 3.05) is 19.1 Å². The lowest BCUT2D eigenvalue weighted by molar-refractivity contribution is -0.142. The van der Waals surface area contributed by atoms with E-state index in [0.717, 1.165) is 33.7 Å². The number of amides is 1. The van der Waals surface area contributed by atoms with Crippen LogP contribution in [-0.2, 0) is 22.6 Å². The Bertz CT molecular complexity index is 1070. The van der Waals surface area contributed by atoms with Crippen molar-refractivity contribution in [3.05, 3.63) is 77.4 Å². The number of H-pyrrole nitrogens is 1. The molecule has 33 heavy (non-hydrogen) atoms. The van der Waals surface area contributed by atoms with Gasteiger partial charge >= 0.3 is 5.97 Å². The van der Waals surface area contributed by atoms with Gasteiger partial charge in [0, 0.05) is 30.5 Å². The molecule has 0 saturated heterocycles. The Kier molecular flexibility index (Phi) is 9.09. The fourth-order valence-corrected chi connectivity index (χ4v) is 4.05. The maximum absolute atomic E-state index is 13.3. The summed E-state index contributed by atoms with van der Waals surface area (Å²) in [5.74, 6) is 0.0160. The smallest absolute Gasteiger partial charge is 0.328 e. The van der Waals surface area contributed by atoms with E-state index < -0.39 is 12.0 Å². The van der Waals surface area contributed by atoms with E-state index in [1.165, 1.54) is 7.11 Å². The highest BCUT2D eigenvalue weighted by molar-refractivity contribution is 7.98. The van der Waals surface area contributed by atoms with Crippen molar-refractivity contribution in [2.24, 2.45) is 0 Å². The van der Waals surface area contributed by atoms with Gasteiger partial charge in [0.2, 0.25) is 0 Å². The topological polar surface area (TPSA) is 96.1 Å². The normalized spacial score (nSPS) is 11.7. The molecule has 1 amide bonds. The molecular weight excluding hydrogens is 436 g/mol. The quantitative estimate of drug-likeness (QED) is 0.373. The second-order valence-corrected chi connectivity index (χ2v) is 8.69. The molecule has 1 atom stereocenters. The van der Waals surface area contributed by atoms with E-state index in [-0.39, 0.29) is 5.91 Å². The summed E-state index contributed by atoms with van der Waals surface area (Å²) in [5, 5.41) is 6.26. The van der Waals surface area contributed by atoms with E-state index in [0.29, 0.717) is 25.1 Å². The molecule has 0 saturated carbocycles. The van der Waals surface area contributed by atoms with E-state index in [4.69, 9.17) is 4.74 Å². The molecule has 0 spiro atoms. The number of aryl methyl sites for hydroxylation is 1. The molecule has 3 rings (SSSR count). The number of carbonyl (C=O) groups is 2. The minimum Gasteiger partial charge on any atom is -0.467 e. The third-order valence-electron chi connectivity index (χ3n) is 5.36. The Balaban J connectivity index is 1.86. The van der Waals surface area contributed by atoms with Crippen molar-refractivity contribution >= 4 is 23.6 Å². The number of esters is 1. The molecule has 7 nitrogen and oxygen atoms in total. The summed E-state index contributed by atoms with van der Waals surface area (Å²) in [7, 11) is 1.34. The van der Waals surface area contributed by atoms with Gasteiger partial charge in [-0.2, -0.15) is 11.8 Å². The predicted molar refractivity (Wildman–Crippen MR) is 132 cm³/mol. The number of aromatic nitrogens is 2. The average Bonchev–Trinajstić information content (AvgIpc) is 3.35. The zero-order chi connectivity index (χ0) is 23.6. The van der Waals surface area contributed by atoms with Crippen LogP contribution in [0.15, 0.2) is 55.0 Å². The third kappa shape index (κ3) is 6.69. The first-order valence-corrected chi connectivity index (χ1v) is 12.2. The number of ether oxygens (including phenoxy) is 1. The largest absolute Gasteiger partial charge is 0.467 e. The SMILES string of the molecule is COC(=O)C(CCSC)NC(=O)c1ccc(CNCc2cnc[nH]2)cc1-c1ccccc1C. The second-order valence-electron chi connectivity index (χ2n) is 7.71. The van der Waals surface area contributed by atoms with Gasteiger partial charge in [0.25, 0.3) is 5.91 Å². The number of aromatic amines is 1. The van der Waals surface area contributed by atoms with Crippen molar-refractivity contribution in [2.45, 2.75) is 32.5 Å². The van der Waals surface area contributed by atoms with Crippen molar-refractivity contribution in [3.63, 3.8) is 0 Å². The second kappa shape index (κ2) is 12.2. The number of rotatable bonds is 11. The van der Waals surface area contributed by atoms with Gasteiger partial charge in [0.05, 0.1) is 13.4 Å². The number of methoxy groups -OCH3 is 1. The van der Waals surface area contributed by atoms with Crippen LogP contribution < -0.4 is 10.6 Å². The molecule has 0 aliphatic heterocycles. The van der Waals surface area contributed by atoms with E-state index in [1.807, 2.05) is 55.6 Å². The number of imidazole rings is 1.